The highest BCUT2D eigenvalue weighted by Crippen LogP contribution is 2.21. The number of hydrogen-bond acceptors (Lipinski definition) is 4. The van der Waals surface area contributed by atoms with Crippen LogP contribution in [0.25, 0.3) is 0 Å². The van der Waals surface area contributed by atoms with Gasteiger partial charge in [-0.2, -0.15) is 0 Å². The molecule has 208 valence electrons. The smallest absolute Gasteiger partial charge is 0.330 e. The van der Waals surface area contributed by atoms with E-state index in [1.54, 1.807) is 11.9 Å². The third-order valence-electron chi connectivity index (χ3n) is 6.02. The Morgan fingerprint density at radius 1 is 0.789 bits per heavy atom. The lowest BCUT2D eigenvalue weighted by molar-refractivity contribution is -0.140. The second-order valence-corrected chi connectivity index (χ2v) is 8.97. The van der Waals surface area contributed by atoms with Crippen LogP contribution >= 0.6 is 0 Å². The first kappa shape index (κ1) is 32.6. The highest BCUT2D eigenvalue weighted by atomic mass is 16.5. The number of likely N-dealkylation sites (tertiary alicyclic amines) is 1. The van der Waals surface area contributed by atoms with E-state index < -0.39 is 5.97 Å². The largest absolute Gasteiger partial charge is 0.466 e. The van der Waals surface area contributed by atoms with Crippen molar-refractivity contribution >= 4 is 17.8 Å². The number of allylic oxidation sites excluding steroid dienone is 12. The molecule has 0 radical (unpaired) electrons. The van der Waals surface area contributed by atoms with Gasteiger partial charge in [0.25, 0.3) is 0 Å². The van der Waals surface area contributed by atoms with Crippen LogP contribution in [-0.4, -0.2) is 54.5 Å². The van der Waals surface area contributed by atoms with E-state index in [9.17, 15) is 14.4 Å². The van der Waals surface area contributed by atoms with Crippen LogP contribution in [0.2, 0.25) is 0 Å². The van der Waals surface area contributed by atoms with Gasteiger partial charge in [-0.15, -0.1) is 0 Å². The van der Waals surface area contributed by atoms with Gasteiger partial charge in [0.1, 0.15) is 6.17 Å². The topological polar surface area (TPSA) is 66.9 Å². The van der Waals surface area contributed by atoms with Crippen LogP contribution in [0.3, 0.4) is 0 Å². The molecule has 6 heteroatoms. The fraction of sp³-hybridized carbons (Fsp3) is 0.469. The van der Waals surface area contributed by atoms with Crippen molar-refractivity contribution in [1.29, 1.82) is 0 Å². The second kappa shape index (κ2) is 21.7. The third kappa shape index (κ3) is 15.0. The lowest BCUT2D eigenvalue weighted by atomic mass is 10.2. The second-order valence-electron chi connectivity index (χ2n) is 8.97. The first-order chi connectivity index (χ1) is 18.5. The Balaban J connectivity index is 2.21. The number of ether oxygens (including phenoxy) is 1. The Morgan fingerprint density at radius 3 is 1.79 bits per heavy atom. The standard InChI is InChI=1S/C32H46N2O4/c1-4-5-6-7-8-9-10-11-12-13-14-15-16-17-18-19-20-21-22-25-31(36)34-28-23-24-29(34)33(2)30(35)26-27-32(37)38-3/h5-6,8-9,11-12,14-15,17-18,20-21,26-27,29H,4,7,10,13,16,19,22-25,28H2,1-3H3/b6-5-,9-8-,12-11-,15-14-,18-17-,21-20-,27-26+. The fourth-order valence-corrected chi connectivity index (χ4v) is 3.90. The maximum Gasteiger partial charge on any atom is 0.330 e. The number of likely N-dealkylation sites (N-methyl/N-ethyl adjacent to an activating group) is 1. The molecule has 1 rings (SSSR count). The van der Waals surface area contributed by atoms with E-state index in [4.69, 9.17) is 0 Å². The Kier molecular flexibility index (Phi) is 18.6. The molecule has 0 aromatic rings. The molecule has 1 unspecified atom stereocenters. The summed E-state index contributed by atoms with van der Waals surface area (Å²) in [5.41, 5.74) is 0. The molecule has 1 fully saturated rings. The molecule has 0 aromatic carbocycles. The molecule has 1 heterocycles. The molecule has 0 aliphatic carbocycles. The van der Waals surface area contributed by atoms with Crippen molar-refractivity contribution in [3.8, 4) is 0 Å². The van der Waals surface area contributed by atoms with Gasteiger partial charge < -0.3 is 14.5 Å². The van der Waals surface area contributed by atoms with Crippen LogP contribution in [0.1, 0.15) is 71.1 Å². The first-order valence-corrected chi connectivity index (χ1v) is 13.7. The normalized spacial score (nSPS) is 16.6. The van der Waals surface area contributed by atoms with E-state index in [-0.39, 0.29) is 18.0 Å². The molecule has 0 N–H and O–H groups in total. The van der Waals surface area contributed by atoms with Gasteiger partial charge in [0.2, 0.25) is 11.8 Å². The Hall–Kier alpha value is -3.41. The van der Waals surface area contributed by atoms with E-state index in [0.29, 0.717) is 19.4 Å². The van der Waals surface area contributed by atoms with Crippen molar-refractivity contribution in [2.45, 2.75) is 77.3 Å². The van der Waals surface area contributed by atoms with Gasteiger partial charge in [-0.3, -0.25) is 9.59 Å². The molecule has 6 nitrogen and oxygen atoms in total. The fourth-order valence-electron chi connectivity index (χ4n) is 3.90. The number of methoxy groups -OCH3 is 1. The molecule has 1 atom stereocenters. The number of amides is 2. The number of hydrogen-bond donors (Lipinski definition) is 0. The van der Waals surface area contributed by atoms with Crippen molar-refractivity contribution in [2.24, 2.45) is 0 Å². The highest BCUT2D eigenvalue weighted by molar-refractivity contribution is 5.94. The molecule has 0 saturated carbocycles. The minimum absolute atomic E-state index is 0.0450. The minimum atomic E-state index is -0.581. The van der Waals surface area contributed by atoms with E-state index >= 15 is 0 Å². The molecule has 0 aromatic heterocycles. The van der Waals surface area contributed by atoms with Gasteiger partial charge >= 0.3 is 5.97 Å². The summed E-state index contributed by atoms with van der Waals surface area (Å²) in [7, 11) is 2.92. The van der Waals surface area contributed by atoms with Crippen LogP contribution in [0.5, 0.6) is 0 Å². The zero-order valence-electron chi connectivity index (χ0n) is 23.5. The maximum atomic E-state index is 12.7. The average molecular weight is 523 g/mol. The van der Waals surface area contributed by atoms with Crippen molar-refractivity contribution in [3.63, 3.8) is 0 Å². The molecule has 1 aliphatic heterocycles. The summed E-state index contributed by atoms with van der Waals surface area (Å²) in [4.78, 5) is 39.5. The predicted octanol–water partition coefficient (Wildman–Crippen LogP) is 6.60. The molecule has 38 heavy (non-hydrogen) atoms. The van der Waals surface area contributed by atoms with E-state index in [1.807, 2.05) is 6.08 Å². The summed E-state index contributed by atoms with van der Waals surface area (Å²) in [6.45, 7) is 2.79. The zero-order chi connectivity index (χ0) is 27.8. The number of esters is 1. The van der Waals surface area contributed by atoms with Crippen molar-refractivity contribution in [3.05, 3.63) is 85.1 Å². The molecular weight excluding hydrogens is 476 g/mol. The van der Waals surface area contributed by atoms with Gasteiger partial charge in [-0.05, 0) is 57.8 Å². The molecule has 0 bridgehead atoms. The summed E-state index contributed by atoms with van der Waals surface area (Å²) in [6.07, 6.45) is 36.4. The monoisotopic (exact) mass is 522 g/mol. The van der Waals surface area contributed by atoms with Crippen LogP contribution < -0.4 is 0 Å². The van der Waals surface area contributed by atoms with Crippen LogP contribution in [-0.2, 0) is 19.1 Å². The van der Waals surface area contributed by atoms with Gasteiger partial charge in [0.15, 0.2) is 0 Å². The van der Waals surface area contributed by atoms with Crippen LogP contribution in [0, 0.1) is 0 Å². The van der Waals surface area contributed by atoms with Crippen molar-refractivity contribution in [1.82, 2.24) is 9.80 Å². The van der Waals surface area contributed by atoms with Crippen molar-refractivity contribution in [2.75, 3.05) is 20.7 Å². The summed E-state index contributed by atoms with van der Waals surface area (Å²) in [5.74, 6) is -0.858. The summed E-state index contributed by atoms with van der Waals surface area (Å²) >= 11 is 0. The molecule has 1 saturated heterocycles. The van der Waals surface area contributed by atoms with Gasteiger partial charge in [-0.25, -0.2) is 4.79 Å². The number of carbonyl (C=O) groups excluding carboxylic acids is 3. The minimum Gasteiger partial charge on any atom is -0.466 e. The summed E-state index contributed by atoms with van der Waals surface area (Å²) < 4.78 is 4.51. The van der Waals surface area contributed by atoms with Crippen LogP contribution in [0.4, 0.5) is 0 Å². The average Bonchev–Trinajstić information content (AvgIpc) is 3.42. The lowest BCUT2D eigenvalue weighted by Crippen LogP contribution is -2.47. The predicted molar refractivity (Wildman–Crippen MR) is 156 cm³/mol. The molecule has 2 amide bonds. The SMILES string of the molecule is CC/C=C\C/C=C\C/C=C\C/C=C\C/C=C\C/C=C\CCC(=O)N1CCCC1N(C)C(=O)/C=C/C(=O)OC. The number of carbonyl (C=O) groups is 3. The Labute approximate surface area is 229 Å². The first-order valence-electron chi connectivity index (χ1n) is 13.7. The van der Waals surface area contributed by atoms with Gasteiger partial charge in [0.05, 0.1) is 7.11 Å². The summed E-state index contributed by atoms with van der Waals surface area (Å²) in [5, 5.41) is 0. The Bertz CT molecular complexity index is 908. The van der Waals surface area contributed by atoms with E-state index in [0.717, 1.165) is 57.4 Å². The molecule has 0 spiro atoms. The van der Waals surface area contributed by atoms with E-state index in [1.165, 1.54) is 18.1 Å². The van der Waals surface area contributed by atoms with Gasteiger partial charge in [-0.1, -0.05) is 79.8 Å². The van der Waals surface area contributed by atoms with Crippen LogP contribution in [0.15, 0.2) is 85.1 Å². The summed E-state index contributed by atoms with van der Waals surface area (Å²) in [6, 6.07) is 0. The molecule has 1 aliphatic rings. The highest BCUT2D eigenvalue weighted by Gasteiger charge is 2.32. The maximum absolute atomic E-state index is 12.7. The zero-order valence-corrected chi connectivity index (χ0v) is 23.5. The Morgan fingerprint density at radius 2 is 1.29 bits per heavy atom. The van der Waals surface area contributed by atoms with E-state index in [2.05, 4.69) is 78.5 Å². The lowest BCUT2D eigenvalue weighted by Gasteiger charge is -2.32. The van der Waals surface area contributed by atoms with Gasteiger partial charge in [0, 0.05) is 32.2 Å². The third-order valence-corrected chi connectivity index (χ3v) is 6.02. The quantitative estimate of drug-likeness (QED) is 0.123. The number of rotatable bonds is 17. The molecular formula is C32H46N2O4. The number of nitrogens with zero attached hydrogens (tertiary/aromatic N) is 2. The van der Waals surface area contributed by atoms with Crippen molar-refractivity contribution < 1.29 is 19.1 Å².